The van der Waals surface area contributed by atoms with Gasteiger partial charge in [0.1, 0.15) is 17.2 Å². The van der Waals surface area contributed by atoms with Gasteiger partial charge in [-0.05, 0) is 48.9 Å². The Morgan fingerprint density at radius 2 is 1.58 bits per heavy atom. The van der Waals surface area contributed by atoms with Crippen LogP contribution < -0.4 is 5.32 Å². The van der Waals surface area contributed by atoms with Crippen molar-refractivity contribution in [3.05, 3.63) is 106 Å². The lowest BCUT2D eigenvalue weighted by atomic mass is 10.0. The van der Waals surface area contributed by atoms with Gasteiger partial charge in [0.15, 0.2) is 0 Å². The molecule has 0 fully saturated rings. The largest absolute Gasteiger partial charge is 0.321 e. The number of carbonyl (C=O) groups excluding carboxylic acids is 1. The SMILES string of the molecule is CCc1nn2c(C(=O)Nc3ccccc3)c(-c3ccc(Br)cc3)c(C)c2n1-c1ccccc1. The van der Waals surface area contributed by atoms with Gasteiger partial charge in [-0.2, -0.15) is 5.10 Å². The van der Waals surface area contributed by atoms with Crippen molar-refractivity contribution in [2.45, 2.75) is 20.3 Å². The zero-order valence-corrected chi connectivity index (χ0v) is 20.0. The zero-order chi connectivity index (χ0) is 22.9. The number of hydrogen-bond acceptors (Lipinski definition) is 2. The molecule has 5 aromatic rings. The van der Waals surface area contributed by atoms with E-state index in [-0.39, 0.29) is 5.91 Å². The monoisotopic (exact) mass is 498 g/mol. The van der Waals surface area contributed by atoms with Crippen molar-refractivity contribution in [3.63, 3.8) is 0 Å². The Labute approximate surface area is 200 Å². The molecule has 0 aliphatic carbocycles. The molecular weight excluding hydrogens is 476 g/mol. The molecule has 1 N–H and O–H groups in total. The molecule has 2 heterocycles. The van der Waals surface area contributed by atoms with Crippen LogP contribution in [0.4, 0.5) is 5.69 Å². The lowest BCUT2D eigenvalue weighted by Gasteiger charge is -2.09. The van der Waals surface area contributed by atoms with Crippen molar-refractivity contribution in [3.8, 4) is 16.8 Å². The summed E-state index contributed by atoms with van der Waals surface area (Å²) in [6.07, 6.45) is 0.739. The number of aryl methyl sites for hydroxylation is 2. The van der Waals surface area contributed by atoms with Gasteiger partial charge in [-0.15, -0.1) is 0 Å². The Morgan fingerprint density at radius 1 is 0.939 bits per heavy atom. The maximum absolute atomic E-state index is 13.7. The Balaban J connectivity index is 1.79. The van der Waals surface area contributed by atoms with E-state index in [4.69, 9.17) is 5.10 Å². The van der Waals surface area contributed by atoms with Gasteiger partial charge in [0.25, 0.3) is 5.91 Å². The molecule has 164 valence electrons. The van der Waals surface area contributed by atoms with Crippen molar-refractivity contribution in [2.24, 2.45) is 0 Å². The molecule has 6 heteroatoms. The van der Waals surface area contributed by atoms with E-state index >= 15 is 0 Å². The third-order valence-corrected chi connectivity index (χ3v) is 6.28. The van der Waals surface area contributed by atoms with E-state index in [1.165, 1.54) is 0 Å². The van der Waals surface area contributed by atoms with Gasteiger partial charge in [-0.3, -0.25) is 9.36 Å². The smallest absolute Gasteiger partial charge is 0.275 e. The number of para-hydroxylation sites is 2. The van der Waals surface area contributed by atoms with Gasteiger partial charge < -0.3 is 5.32 Å². The molecule has 1 amide bonds. The van der Waals surface area contributed by atoms with Crippen LogP contribution in [0.2, 0.25) is 0 Å². The van der Waals surface area contributed by atoms with E-state index in [2.05, 4.69) is 51.8 Å². The summed E-state index contributed by atoms with van der Waals surface area (Å²) < 4.78 is 4.94. The van der Waals surface area contributed by atoms with E-state index in [1.807, 2.05) is 72.8 Å². The normalized spacial score (nSPS) is 11.1. The predicted molar refractivity (Wildman–Crippen MR) is 136 cm³/mol. The molecule has 0 bridgehead atoms. The van der Waals surface area contributed by atoms with Gasteiger partial charge in [-0.25, -0.2) is 4.52 Å². The second-order valence-corrected chi connectivity index (χ2v) is 8.77. The number of carbonyl (C=O) groups is 1. The third-order valence-electron chi connectivity index (χ3n) is 5.76. The lowest BCUT2D eigenvalue weighted by molar-refractivity contribution is 0.102. The van der Waals surface area contributed by atoms with Crippen LogP contribution in [0.5, 0.6) is 0 Å². The minimum Gasteiger partial charge on any atom is -0.321 e. The summed E-state index contributed by atoms with van der Waals surface area (Å²) in [5.74, 6) is 0.706. The van der Waals surface area contributed by atoms with Crippen LogP contribution in [-0.4, -0.2) is 20.1 Å². The molecule has 5 nitrogen and oxygen atoms in total. The molecule has 0 radical (unpaired) electrons. The first-order chi connectivity index (χ1) is 16.1. The number of anilines is 1. The van der Waals surface area contributed by atoms with Crippen molar-refractivity contribution < 1.29 is 4.79 Å². The first-order valence-corrected chi connectivity index (χ1v) is 11.7. The van der Waals surface area contributed by atoms with Crippen LogP contribution in [0.3, 0.4) is 0 Å². The van der Waals surface area contributed by atoms with E-state index in [0.29, 0.717) is 5.69 Å². The lowest BCUT2D eigenvalue weighted by Crippen LogP contribution is -2.16. The van der Waals surface area contributed by atoms with Crippen molar-refractivity contribution >= 4 is 33.2 Å². The second kappa shape index (κ2) is 8.71. The third kappa shape index (κ3) is 3.76. The topological polar surface area (TPSA) is 51.3 Å². The minimum absolute atomic E-state index is 0.192. The summed E-state index contributed by atoms with van der Waals surface area (Å²) in [6.45, 7) is 4.14. The summed E-state index contributed by atoms with van der Waals surface area (Å²) in [4.78, 5) is 13.7. The predicted octanol–water partition coefficient (Wildman–Crippen LogP) is 6.68. The van der Waals surface area contributed by atoms with Gasteiger partial charge >= 0.3 is 0 Å². The standard InChI is InChI=1S/C27H23BrN4O/c1-3-23-30-32-25(26(33)29-21-10-6-4-7-11-21)24(19-14-16-20(28)17-15-19)18(2)27(32)31(23)22-12-8-5-9-13-22/h4-17H,3H2,1-2H3,(H,29,33). The Kier molecular flexibility index (Phi) is 5.60. The molecule has 0 aliphatic heterocycles. The van der Waals surface area contributed by atoms with E-state index in [0.717, 1.165) is 50.4 Å². The molecule has 0 aliphatic rings. The van der Waals surface area contributed by atoms with Gasteiger partial charge in [0.05, 0.1) is 0 Å². The van der Waals surface area contributed by atoms with Crippen molar-refractivity contribution in [2.75, 3.05) is 5.32 Å². The minimum atomic E-state index is -0.192. The van der Waals surface area contributed by atoms with Gasteiger partial charge in [-0.1, -0.05) is 71.4 Å². The van der Waals surface area contributed by atoms with Crippen LogP contribution in [-0.2, 0) is 6.42 Å². The van der Waals surface area contributed by atoms with Crippen LogP contribution >= 0.6 is 15.9 Å². The van der Waals surface area contributed by atoms with E-state index in [1.54, 1.807) is 4.52 Å². The zero-order valence-electron chi connectivity index (χ0n) is 18.4. The van der Waals surface area contributed by atoms with Crippen molar-refractivity contribution in [1.29, 1.82) is 0 Å². The average Bonchev–Trinajstić information content (AvgIpc) is 3.35. The van der Waals surface area contributed by atoms with Crippen molar-refractivity contribution in [1.82, 2.24) is 14.2 Å². The number of fused-ring (bicyclic) bond motifs is 1. The molecule has 0 saturated heterocycles. The maximum atomic E-state index is 13.7. The fourth-order valence-electron chi connectivity index (χ4n) is 4.27. The fourth-order valence-corrected chi connectivity index (χ4v) is 4.54. The van der Waals surface area contributed by atoms with Gasteiger partial charge in [0, 0.05) is 33.4 Å². The number of benzene rings is 3. The Hall–Kier alpha value is -3.64. The van der Waals surface area contributed by atoms with E-state index < -0.39 is 0 Å². The maximum Gasteiger partial charge on any atom is 0.275 e. The molecular formula is C27H23BrN4O. The molecule has 33 heavy (non-hydrogen) atoms. The number of nitrogens with one attached hydrogen (secondary N) is 1. The Morgan fingerprint density at radius 3 is 2.21 bits per heavy atom. The molecule has 0 atom stereocenters. The first-order valence-electron chi connectivity index (χ1n) is 10.9. The first kappa shape index (κ1) is 21.2. The molecule has 2 aromatic heterocycles. The van der Waals surface area contributed by atoms with Crippen LogP contribution in [0, 0.1) is 6.92 Å². The summed E-state index contributed by atoms with van der Waals surface area (Å²) in [6, 6.07) is 27.7. The number of hydrogen-bond donors (Lipinski definition) is 1. The second-order valence-electron chi connectivity index (χ2n) is 7.85. The highest BCUT2D eigenvalue weighted by Crippen LogP contribution is 2.35. The highest BCUT2D eigenvalue weighted by atomic mass is 79.9. The van der Waals surface area contributed by atoms with Crippen LogP contribution in [0.25, 0.3) is 22.5 Å². The molecule has 0 unspecified atom stereocenters. The van der Waals surface area contributed by atoms with Crippen LogP contribution in [0.15, 0.2) is 89.4 Å². The molecule has 0 spiro atoms. The molecule has 5 rings (SSSR count). The highest BCUT2D eigenvalue weighted by Gasteiger charge is 2.28. The quantitative estimate of drug-likeness (QED) is 0.293. The fraction of sp³-hybridized carbons (Fsp3) is 0.111. The van der Waals surface area contributed by atoms with Gasteiger partial charge in [0.2, 0.25) is 0 Å². The summed E-state index contributed by atoms with van der Waals surface area (Å²) >= 11 is 3.52. The highest BCUT2D eigenvalue weighted by molar-refractivity contribution is 9.10. The van der Waals surface area contributed by atoms with E-state index in [9.17, 15) is 4.79 Å². The summed E-state index contributed by atoms with van der Waals surface area (Å²) in [5, 5.41) is 7.96. The number of aromatic nitrogens is 3. The number of rotatable bonds is 5. The molecule has 0 saturated carbocycles. The average molecular weight is 499 g/mol. The number of amides is 1. The molecule has 3 aromatic carbocycles. The van der Waals surface area contributed by atoms with Crippen LogP contribution in [0.1, 0.15) is 28.8 Å². The number of nitrogens with zero attached hydrogens (tertiary/aromatic N) is 3. The summed E-state index contributed by atoms with van der Waals surface area (Å²) in [7, 11) is 0. The summed E-state index contributed by atoms with van der Waals surface area (Å²) in [5.41, 5.74) is 6.05. The number of halogens is 1. The Bertz CT molecular complexity index is 1440.